The quantitative estimate of drug-likeness (QED) is 0.824. The Bertz CT molecular complexity index is 822. The number of aromatic nitrogens is 3. The highest BCUT2D eigenvalue weighted by Gasteiger charge is 2.42. The van der Waals surface area contributed by atoms with Crippen LogP contribution in [-0.2, 0) is 15.2 Å². The summed E-state index contributed by atoms with van der Waals surface area (Å²) < 4.78 is 12.7. The van der Waals surface area contributed by atoms with E-state index in [-0.39, 0.29) is 22.5 Å². The fourth-order valence-electron chi connectivity index (χ4n) is 2.79. The maximum absolute atomic E-state index is 12.0. The van der Waals surface area contributed by atoms with E-state index in [2.05, 4.69) is 15.9 Å². The van der Waals surface area contributed by atoms with Crippen LogP contribution in [0.2, 0.25) is 5.02 Å². The van der Waals surface area contributed by atoms with Gasteiger partial charge in [-0.2, -0.15) is 4.98 Å². The van der Waals surface area contributed by atoms with E-state index in [1.807, 2.05) is 0 Å². The number of nitrogens with zero attached hydrogens (tertiary/aromatic N) is 2. The molecule has 1 saturated heterocycles. The number of nitrogen functional groups attached to an aromatic ring is 1. The number of halogens is 1. The van der Waals surface area contributed by atoms with Crippen LogP contribution in [0.15, 0.2) is 11.0 Å². The third-order valence-electron chi connectivity index (χ3n) is 3.76. The van der Waals surface area contributed by atoms with Crippen molar-refractivity contribution >= 4 is 28.6 Å². The zero-order valence-electron chi connectivity index (χ0n) is 11.9. The number of terminal acetylenes is 1. The van der Waals surface area contributed by atoms with Gasteiger partial charge < -0.3 is 15.2 Å². The molecule has 0 saturated carbocycles. The normalized spacial score (nSPS) is 24.7. The van der Waals surface area contributed by atoms with Crippen LogP contribution in [-0.4, -0.2) is 34.4 Å². The molecule has 1 aliphatic rings. The molecule has 0 bridgehead atoms. The highest BCUT2D eigenvalue weighted by atomic mass is 35.5. The van der Waals surface area contributed by atoms with E-state index in [1.165, 1.54) is 0 Å². The van der Waals surface area contributed by atoms with Crippen LogP contribution in [0.5, 0.6) is 0 Å². The third-order valence-corrected chi connectivity index (χ3v) is 4.05. The summed E-state index contributed by atoms with van der Waals surface area (Å²) in [6, 6.07) is 0. The number of rotatable bonds is 3. The van der Waals surface area contributed by atoms with Gasteiger partial charge in [0.25, 0.3) is 5.56 Å². The van der Waals surface area contributed by atoms with Crippen LogP contribution in [0.1, 0.15) is 12.8 Å². The van der Waals surface area contributed by atoms with Crippen LogP contribution in [0.4, 0.5) is 5.95 Å². The Hall–Kier alpha value is -2.01. The van der Waals surface area contributed by atoms with Crippen molar-refractivity contribution in [2.45, 2.75) is 24.7 Å². The van der Waals surface area contributed by atoms with Crippen LogP contribution < -0.4 is 11.3 Å². The Labute approximate surface area is 131 Å². The van der Waals surface area contributed by atoms with Crippen molar-refractivity contribution in [2.24, 2.45) is 0 Å². The molecule has 1 aliphatic heterocycles. The van der Waals surface area contributed by atoms with Gasteiger partial charge in [-0.25, -0.2) is 0 Å². The highest BCUT2D eigenvalue weighted by molar-refractivity contribution is 6.35. The van der Waals surface area contributed by atoms with Crippen molar-refractivity contribution in [3.8, 4) is 12.3 Å². The monoisotopic (exact) mass is 322 g/mol. The number of nitrogens with one attached hydrogen (secondary N) is 1. The summed E-state index contributed by atoms with van der Waals surface area (Å²) >= 11 is 6.16. The summed E-state index contributed by atoms with van der Waals surface area (Å²) in [7, 11) is 1.60. The lowest BCUT2D eigenvalue weighted by molar-refractivity contribution is -0.0735. The second kappa shape index (κ2) is 5.32. The molecule has 0 aliphatic carbocycles. The first-order valence-electron chi connectivity index (χ1n) is 6.72. The van der Waals surface area contributed by atoms with Gasteiger partial charge in [0.15, 0.2) is 5.65 Å². The first-order chi connectivity index (χ1) is 10.5. The molecule has 3 heterocycles. The number of fused-ring (bicyclic) bond motifs is 1. The van der Waals surface area contributed by atoms with E-state index in [1.54, 1.807) is 17.9 Å². The summed E-state index contributed by atoms with van der Waals surface area (Å²) in [6.45, 7) is 0.437. The minimum absolute atomic E-state index is 0.00729. The van der Waals surface area contributed by atoms with Gasteiger partial charge in [0.1, 0.15) is 5.39 Å². The summed E-state index contributed by atoms with van der Waals surface area (Å²) in [5.74, 6) is 2.65. The molecule has 116 valence electrons. The number of aromatic amines is 1. The van der Waals surface area contributed by atoms with Gasteiger partial charge in [-0.15, -0.1) is 6.42 Å². The Morgan fingerprint density at radius 2 is 2.55 bits per heavy atom. The number of nitrogens with two attached hydrogens (primary N) is 1. The molecular weight excluding hydrogens is 308 g/mol. The van der Waals surface area contributed by atoms with Crippen LogP contribution in [0.3, 0.4) is 0 Å². The first kappa shape index (κ1) is 14.9. The average molecular weight is 323 g/mol. The smallest absolute Gasteiger partial charge is 0.263 e. The van der Waals surface area contributed by atoms with Gasteiger partial charge in [-0.3, -0.25) is 14.3 Å². The topological polar surface area (TPSA) is 95.2 Å². The summed E-state index contributed by atoms with van der Waals surface area (Å²) in [4.78, 5) is 18.6. The molecular formula is C14H15ClN4O3. The van der Waals surface area contributed by atoms with E-state index in [9.17, 15) is 4.79 Å². The van der Waals surface area contributed by atoms with Crippen molar-refractivity contribution < 1.29 is 9.47 Å². The lowest BCUT2D eigenvalue weighted by Gasteiger charge is -2.26. The second-order valence-corrected chi connectivity index (χ2v) is 5.57. The summed E-state index contributed by atoms with van der Waals surface area (Å²) in [5, 5.41) is 0.487. The van der Waals surface area contributed by atoms with Crippen molar-refractivity contribution in [3.63, 3.8) is 0 Å². The van der Waals surface area contributed by atoms with Gasteiger partial charge in [0, 0.05) is 19.7 Å². The van der Waals surface area contributed by atoms with Crippen LogP contribution >= 0.6 is 11.6 Å². The minimum atomic E-state index is -1.05. The molecule has 2 unspecified atom stereocenters. The van der Waals surface area contributed by atoms with Gasteiger partial charge >= 0.3 is 0 Å². The largest absolute Gasteiger partial charge is 0.382 e. The minimum Gasteiger partial charge on any atom is -0.382 e. The maximum atomic E-state index is 12.0. The number of anilines is 1. The van der Waals surface area contributed by atoms with Gasteiger partial charge in [0.2, 0.25) is 11.7 Å². The lowest BCUT2D eigenvalue weighted by Crippen LogP contribution is -2.33. The standard InChI is InChI=1S/C14H15ClN4O3/c1-3-14(5-4-8(22-14)7-21-2)19-6-9(15)10-11(19)17-13(16)18-12(10)20/h1,6,8H,4-5,7H2,2H3,(H3,16,17,18,20). The lowest BCUT2D eigenvalue weighted by atomic mass is 10.1. The van der Waals surface area contributed by atoms with Crippen molar-refractivity contribution in [3.05, 3.63) is 21.6 Å². The van der Waals surface area contributed by atoms with E-state index in [0.29, 0.717) is 18.7 Å². The molecule has 2 aromatic heterocycles. The molecule has 3 N–H and O–H groups in total. The Morgan fingerprint density at radius 1 is 1.77 bits per heavy atom. The predicted octanol–water partition coefficient (Wildman–Crippen LogP) is 1.07. The second-order valence-electron chi connectivity index (χ2n) is 5.16. The number of methoxy groups -OCH3 is 1. The molecule has 0 amide bonds. The van der Waals surface area contributed by atoms with E-state index in [4.69, 9.17) is 33.2 Å². The average Bonchev–Trinajstić information content (AvgIpc) is 3.02. The van der Waals surface area contributed by atoms with Gasteiger partial charge in [0.05, 0.1) is 17.7 Å². The number of H-pyrrole nitrogens is 1. The van der Waals surface area contributed by atoms with E-state index < -0.39 is 11.3 Å². The zero-order valence-corrected chi connectivity index (χ0v) is 12.7. The Kier molecular flexibility index (Phi) is 3.60. The van der Waals surface area contributed by atoms with Gasteiger partial charge in [-0.1, -0.05) is 11.6 Å². The molecule has 3 rings (SSSR count). The van der Waals surface area contributed by atoms with Crippen molar-refractivity contribution in [1.29, 1.82) is 0 Å². The predicted molar refractivity (Wildman–Crippen MR) is 82.6 cm³/mol. The number of ether oxygens (including phenoxy) is 2. The molecule has 8 heteroatoms. The molecule has 2 aromatic rings. The fourth-order valence-corrected chi connectivity index (χ4v) is 3.06. The molecule has 1 fully saturated rings. The summed E-state index contributed by atoms with van der Waals surface area (Å²) in [6.07, 6.45) is 8.43. The molecule has 0 spiro atoms. The SMILES string of the molecule is C#CC1(n2cc(Cl)c3c(=O)[nH]c(N)nc32)CCC(COC)O1. The first-order valence-corrected chi connectivity index (χ1v) is 7.10. The van der Waals surface area contributed by atoms with Crippen molar-refractivity contribution in [1.82, 2.24) is 14.5 Å². The Balaban J connectivity index is 2.18. The summed E-state index contributed by atoms with van der Waals surface area (Å²) in [5.41, 5.74) is 4.47. The Morgan fingerprint density at radius 3 is 3.23 bits per heavy atom. The van der Waals surface area contributed by atoms with Crippen LogP contribution in [0, 0.1) is 12.3 Å². The molecule has 7 nitrogen and oxygen atoms in total. The number of hydrogen-bond donors (Lipinski definition) is 2. The molecule has 0 radical (unpaired) electrons. The fraction of sp³-hybridized carbons (Fsp3) is 0.429. The molecule has 22 heavy (non-hydrogen) atoms. The van der Waals surface area contributed by atoms with Crippen LogP contribution in [0.25, 0.3) is 11.0 Å². The van der Waals surface area contributed by atoms with E-state index >= 15 is 0 Å². The van der Waals surface area contributed by atoms with E-state index in [0.717, 1.165) is 6.42 Å². The third kappa shape index (κ3) is 2.16. The maximum Gasteiger partial charge on any atom is 0.263 e. The number of hydrogen-bond acceptors (Lipinski definition) is 5. The van der Waals surface area contributed by atoms with Crippen molar-refractivity contribution in [2.75, 3.05) is 19.5 Å². The molecule has 2 atom stereocenters. The zero-order chi connectivity index (χ0) is 15.9. The highest BCUT2D eigenvalue weighted by Crippen LogP contribution is 2.38. The van der Waals surface area contributed by atoms with Gasteiger partial charge in [-0.05, 0) is 12.3 Å². The molecule has 0 aromatic carbocycles.